The summed E-state index contributed by atoms with van der Waals surface area (Å²) >= 11 is 14.9. The summed E-state index contributed by atoms with van der Waals surface area (Å²) in [5.74, 6) is 0.691. The fraction of sp³-hybridized carbons (Fsp3) is 0.600. The van der Waals surface area contributed by atoms with E-state index < -0.39 is 0 Å². The van der Waals surface area contributed by atoms with E-state index in [0.717, 1.165) is 8.81 Å². The topological polar surface area (TPSA) is 0 Å². The molecule has 1 rings (SSSR count). The van der Waals surface area contributed by atoms with Crippen molar-refractivity contribution in [2.45, 2.75) is 31.5 Å². The molecular weight excluding hydrogens is 347 g/mol. The van der Waals surface area contributed by atoms with E-state index in [1.807, 2.05) is 0 Å². The van der Waals surface area contributed by atoms with Crippen LogP contribution in [-0.4, -0.2) is 0 Å². The van der Waals surface area contributed by atoms with Gasteiger partial charge in [0.1, 0.15) is 4.34 Å². The monoisotopic (exact) mass is 358 g/mol. The first-order chi connectivity index (χ1) is 6.60. The standard InChI is InChI=1S/C10H13Br2ClS/c1-3-6(4-2)9(12)8-5-7(11)10(13)14-8/h5-6,9H,3-4H2,1-2H3. The van der Waals surface area contributed by atoms with Gasteiger partial charge in [-0.3, -0.25) is 0 Å². The average Bonchev–Trinajstić information content (AvgIpc) is 2.49. The van der Waals surface area contributed by atoms with Crippen molar-refractivity contribution in [3.05, 3.63) is 19.8 Å². The molecule has 0 aliphatic carbocycles. The van der Waals surface area contributed by atoms with Gasteiger partial charge >= 0.3 is 0 Å². The van der Waals surface area contributed by atoms with Crippen LogP contribution in [0.3, 0.4) is 0 Å². The summed E-state index contributed by atoms with van der Waals surface area (Å²) in [4.78, 5) is 1.75. The lowest BCUT2D eigenvalue weighted by molar-refractivity contribution is 0.490. The maximum atomic E-state index is 6.02. The summed E-state index contributed by atoms with van der Waals surface area (Å²) in [5.41, 5.74) is 0. The van der Waals surface area contributed by atoms with Gasteiger partial charge in [0.25, 0.3) is 0 Å². The van der Waals surface area contributed by atoms with Crippen LogP contribution in [0, 0.1) is 5.92 Å². The van der Waals surface area contributed by atoms with Gasteiger partial charge in [0.15, 0.2) is 0 Å². The molecule has 0 aromatic carbocycles. The molecule has 0 fully saturated rings. The SMILES string of the molecule is CCC(CC)C(Br)c1cc(Br)c(Cl)s1. The molecule has 1 aromatic heterocycles. The van der Waals surface area contributed by atoms with Gasteiger partial charge in [0.2, 0.25) is 0 Å². The fourth-order valence-corrected chi connectivity index (χ4v) is 4.40. The molecule has 1 heterocycles. The quantitative estimate of drug-likeness (QED) is 0.575. The first-order valence-electron chi connectivity index (χ1n) is 4.68. The highest BCUT2D eigenvalue weighted by Crippen LogP contribution is 2.43. The lowest BCUT2D eigenvalue weighted by Gasteiger charge is -2.17. The first kappa shape index (κ1) is 13.0. The third-order valence-electron chi connectivity index (χ3n) is 2.40. The van der Waals surface area contributed by atoms with Gasteiger partial charge < -0.3 is 0 Å². The summed E-state index contributed by atoms with van der Waals surface area (Å²) in [6.45, 7) is 4.46. The molecule has 0 aliphatic rings. The number of thiophene rings is 1. The minimum atomic E-state index is 0.436. The molecule has 0 aliphatic heterocycles. The van der Waals surface area contributed by atoms with E-state index in [4.69, 9.17) is 11.6 Å². The summed E-state index contributed by atoms with van der Waals surface area (Å²) in [5, 5.41) is 0. The van der Waals surface area contributed by atoms with Crippen molar-refractivity contribution in [2.75, 3.05) is 0 Å². The van der Waals surface area contributed by atoms with Crippen molar-refractivity contribution >= 4 is 54.8 Å². The van der Waals surface area contributed by atoms with Crippen molar-refractivity contribution < 1.29 is 0 Å². The molecule has 0 nitrogen and oxygen atoms in total. The van der Waals surface area contributed by atoms with Gasteiger partial charge in [-0.2, -0.15) is 0 Å². The van der Waals surface area contributed by atoms with E-state index in [1.54, 1.807) is 11.3 Å². The Morgan fingerprint density at radius 3 is 2.36 bits per heavy atom. The Kier molecular flexibility index (Phi) is 5.47. The highest BCUT2D eigenvalue weighted by molar-refractivity contribution is 9.10. The van der Waals surface area contributed by atoms with E-state index in [0.29, 0.717) is 10.7 Å². The zero-order valence-corrected chi connectivity index (χ0v) is 12.9. The van der Waals surface area contributed by atoms with Crippen LogP contribution in [0.5, 0.6) is 0 Å². The smallest absolute Gasteiger partial charge is 0.107 e. The lowest BCUT2D eigenvalue weighted by Crippen LogP contribution is -2.03. The number of hydrogen-bond acceptors (Lipinski definition) is 1. The van der Waals surface area contributed by atoms with Crippen molar-refractivity contribution in [1.82, 2.24) is 0 Å². The summed E-state index contributed by atoms with van der Waals surface area (Å²) < 4.78 is 1.85. The minimum absolute atomic E-state index is 0.436. The first-order valence-corrected chi connectivity index (χ1v) is 7.59. The van der Waals surface area contributed by atoms with Crippen molar-refractivity contribution in [1.29, 1.82) is 0 Å². The Labute approximate surface area is 111 Å². The predicted molar refractivity (Wildman–Crippen MR) is 72.8 cm³/mol. The van der Waals surface area contributed by atoms with Gasteiger partial charge in [0, 0.05) is 9.35 Å². The lowest BCUT2D eigenvalue weighted by atomic mass is 9.99. The Balaban J connectivity index is 2.82. The highest BCUT2D eigenvalue weighted by Gasteiger charge is 2.20. The Bertz CT molecular complexity index is 275. The average molecular weight is 361 g/mol. The molecular formula is C10H13Br2ClS. The Hall–Kier alpha value is 0.950. The number of hydrogen-bond donors (Lipinski definition) is 0. The Morgan fingerprint density at radius 1 is 1.43 bits per heavy atom. The number of halogens is 3. The third kappa shape index (κ3) is 2.97. The second-order valence-corrected chi connectivity index (χ2v) is 6.78. The molecule has 0 N–H and O–H groups in total. The Morgan fingerprint density at radius 2 is 2.00 bits per heavy atom. The van der Waals surface area contributed by atoms with Gasteiger partial charge in [-0.15, -0.1) is 11.3 Å². The molecule has 0 spiro atoms. The molecule has 14 heavy (non-hydrogen) atoms. The van der Waals surface area contributed by atoms with Crippen LogP contribution >= 0.6 is 54.8 Å². The van der Waals surface area contributed by atoms with E-state index in [-0.39, 0.29) is 0 Å². The van der Waals surface area contributed by atoms with Crippen LogP contribution in [0.15, 0.2) is 10.5 Å². The molecule has 0 amide bonds. The predicted octanol–water partition coefficient (Wildman–Crippen LogP) is 6.04. The van der Waals surface area contributed by atoms with Gasteiger partial charge in [-0.1, -0.05) is 54.2 Å². The van der Waals surface area contributed by atoms with Crippen LogP contribution < -0.4 is 0 Å². The molecule has 1 aromatic rings. The van der Waals surface area contributed by atoms with Crippen LogP contribution in [0.25, 0.3) is 0 Å². The summed E-state index contributed by atoms with van der Waals surface area (Å²) in [6, 6.07) is 2.12. The molecule has 1 unspecified atom stereocenters. The molecule has 0 saturated heterocycles. The maximum absolute atomic E-state index is 6.02. The molecule has 0 bridgehead atoms. The van der Waals surface area contributed by atoms with Crippen LogP contribution in [0.1, 0.15) is 36.4 Å². The van der Waals surface area contributed by atoms with Crippen LogP contribution in [0.4, 0.5) is 0 Å². The molecule has 4 heteroatoms. The fourth-order valence-electron chi connectivity index (χ4n) is 1.43. The summed E-state index contributed by atoms with van der Waals surface area (Å²) in [7, 11) is 0. The van der Waals surface area contributed by atoms with Crippen LogP contribution in [0.2, 0.25) is 4.34 Å². The second-order valence-electron chi connectivity index (χ2n) is 3.25. The van der Waals surface area contributed by atoms with E-state index >= 15 is 0 Å². The molecule has 0 radical (unpaired) electrons. The molecule has 0 saturated carbocycles. The van der Waals surface area contributed by atoms with E-state index in [1.165, 1.54) is 17.7 Å². The third-order valence-corrected chi connectivity index (χ3v) is 6.50. The summed E-state index contributed by atoms with van der Waals surface area (Å²) in [6.07, 6.45) is 2.39. The largest absolute Gasteiger partial charge is 0.126 e. The number of alkyl halides is 1. The second kappa shape index (κ2) is 5.88. The molecule has 80 valence electrons. The zero-order chi connectivity index (χ0) is 10.7. The van der Waals surface area contributed by atoms with Gasteiger partial charge in [-0.25, -0.2) is 0 Å². The van der Waals surface area contributed by atoms with Gasteiger partial charge in [0.05, 0.1) is 4.83 Å². The minimum Gasteiger partial charge on any atom is -0.126 e. The zero-order valence-electron chi connectivity index (χ0n) is 8.19. The van der Waals surface area contributed by atoms with Crippen molar-refractivity contribution in [2.24, 2.45) is 5.92 Å². The van der Waals surface area contributed by atoms with Crippen LogP contribution in [-0.2, 0) is 0 Å². The van der Waals surface area contributed by atoms with Crippen molar-refractivity contribution in [3.63, 3.8) is 0 Å². The van der Waals surface area contributed by atoms with Crippen molar-refractivity contribution in [3.8, 4) is 0 Å². The van der Waals surface area contributed by atoms with E-state index in [2.05, 4.69) is 51.8 Å². The van der Waals surface area contributed by atoms with E-state index in [9.17, 15) is 0 Å². The molecule has 1 atom stereocenters. The normalized spacial score (nSPS) is 13.6. The highest BCUT2D eigenvalue weighted by atomic mass is 79.9. The number of rotatable bonds is 4. The van der Waals surface area contributed by atoms with Gasteiger partial charge in [-0.05, 0) is 27.9 Å². The maximum Gasteiger partial charge on any atom is 0.107 e.